The summed E-state index contributed by atoms with van der Waals surface area (Å²) in [5, 5.41) is 7.30. The van der Waals surface area contributed by atoms with Crippen LogP contribution < -0.4 is 5.32 Å². The summed E-state index contributed by atoms with van der Waals surface area (Å²) in [6, 6.07) is 0. The number of aromatic nitrogens is 2. The molecule has 1 aliphatic heterocycles. The third-order valence-corrected chi connectivity index (χ3v) is 3.24. The van der Waals surface area contributed by atoms with Gasteiger partial charge in [0.2, 0.25) is 5.89 Å². The van der Waals surface area contributed by atoms with E-state index in [2.05, 4.69) is 39.2 Å². The molecule has 1 fully saturated rings. The molecular formula is C13H24IN5O. The van der Waals surface area contributed by atoms with Crippen LogP contribution in [0.4, 0.5) is 0 Å². The number of aliphatic imine (C=N–C) groups is 1. The first kappa shape index (κ1) is 17.2. The van der Waals surface area contributed by atoms with E-state index < -0.39 is 0 Å². The number of halogens is 1. The Morgan fingerprint density at radius 2 is 2.10 bits per heavy atom. The van der Waals surface area contributed by atoms with E-state index in [0.29, 0.717) is 11.8 Å². The van der Waals surface area contributed by atoms with Gasteiger partial charge in [0, 0.05) is 39.0 Å². The van der Waals surface area contributed by atoms with E-state index in [1.165, 1.54) is 12.8 Å². The molecule has 114 valence electrons. The van der Waals surface area contributed by atoms with Gasteiger partial charge in [-0.05, 0) is 12.8 Å². The average molecular weight is 393 g/mol. The lowest BCUT2D eigenvalue weighted by Gasteiger charge is -2.20. The molecule has 1 aromatic heterocycles. The first-order valence-corrected chi connectivity index (χ1v) is 6.98. The number of hydrogen-bond acceptors (Lipinski definition) is 4. The number of hydrogen-bond donors (Lipinski definition) is 1. The van der Waals surface area contributed by atoms with Crippen molar-refractivity contribution in [1.82, 2.24) is 20.4 Å². The first-order valence-electron chi connectivity index (χ1n) is 6.98. The standard InChI is InChI=1S/C13H23N5O.HI/c1-10(2)12-16-11(19-17-12)6-7-15-13(14-3)18-8-4-5-9-18;/h10H,4-9H2,1-3H3,(H,14,15);1H. The van der Waals surface area contributed by atoms with Gasteiger partial charge < -0.3 is 14.7 Å². The van der Waals surface area contributed by atoms with E-state index >= 15 is 0 Å². The maximum atomic E-state index is 5.21. The second-order valence-corrected chi connectivity index (χ2v) is 5.12. The Labute approximate surface area is 137 Å². The summed E-state index contributed by atoms with van der Waals surface area (Å²) in [4.78, 5) is 10.9. The summed E-state index contributed by atoms with van der Waals surface area (Å²) in [6.07, 6.45) is 3.23. The number of rotatable bonds is 4. The van der Waals surface area contributed by atoms with Crippen molar-refractivity contribution < 1.29 is 4.52 Å². The van der Waals surface area contributed by atoms with Gasteiger partial charge in [0.15, 0.2) is 11.8 Å². The Morgan fingerprint density at radius 1 is 1.40 bits per heavy atom. The zero-order chi connectivity index (χ0) is 13.7. The quantitative estimate of drug-likeness (QED) is 0.482. The fourth-order valence-corrected chi connectivity index (χ4v) is 2.15. The number of nitrogens with zero attached hydrogens (tertiary/aromatic N) is 4. The zero-order valence-electron chi connectivity index (χ0n) is 12.4. The van der Waals surface area contributed by atoms with E-state index in [9.17, 15) is 0 Å². The molecule has 0 aromatic carbocycles. The second-order valence-electron chi connectivity index (χ2n) is 5.12. The van der Waals surface area contributed by atoms with Crippen molar-refractivity contribution in [3.63, 3.8) is 0 Å². The van der Waals surface area contributed by atoms with Crippen LogP contribution in [0, 0.1) is 0 Å². The molecule has 2 rings (SSSR count). The Balaban J connectivity index is 0.00000200. The molecule has 0 unspecified atom stereocenters. The lowest BCUT2D eigenvalue weighted by atomic mass is 10.2. The molecule has 1 aliphatic rings. The van der Waals surface area contributed by atoms with Crippen molar-refractivity contribution in [3.05, 3.63) is 11.7 Å². The van der Waals surface area contributed by atoms with E-state index in [1.54, 1.807) is 0 Å². The zero-order valence-corrected chi connectivity index (χ0v) is 14.8. The SMILES string of the molecule is CN=C(NCCc1nc(C(C)C)no1)N1CCCC1.I. The molecule has 1 N–H and O–H groups in total. The number of guanidine groups is 1. The van der Waals surface area contributed by atoms with Crippen molar-refractivity contribution in [2.24, 2.45) is 4.99 Å². The van der Waals surface area contributed by atoms with Crippen LogP contribution in [0.2, 0.25) is 0 Å². The second kappa shape index (κ2) is 8.43. The molecule has 7 heteroatoms. The van der Waals surface area contributed by atoms with Gasteiger partial charge in [-0.2, -0.15) is 4.98 Å². The number of nitrogens with one attached hydrogen (secondary N) is 1. The van der Waals surface area contributed by atoms with Crippen LogP contribution in [0.15, 0.2) is 9.52 Å². The largest absolute Gasteiger partial charge is 0.356 e. The topological polar surface area (TPSA) is 66.5 Å². The van der Waals surface area contributed by atoms with E-state index in [4.69, 9.17) is 4.52 Å². The normalized spacial score (nSPS) is 15.6. The fourth-order valence-electron chi connectivity index (χ4n) is 2.15. The van der Waals surface area contributed by atoms with Gasteiger partial charge in [-0.15, -0.1) is 24.0 Å². The molecule has 0 radical (unpaired) electrons. The van der Waals surface area contributed by atoms with Crippen LogP contribution in [0.3, 0.4) is 0 Å². The highest BCUT2D eigenvalue weighted by atomic mass is 127. The minimum atomic E-state index is 0. The molecule has 20 heavy (non-hydrogen) atoms. The van der Waals surface area contributed by atoms with Gasteiger partial charge in [-0.1, -0.05) is 19.0 Å². The predicted molar refractivity (Wildman–Crippen MR) is 89.7 cm³/mol. The molecule has 0 spiro atoms. The number of likely N-dealkylation sites (tertiary alicyclic amines) is 1. The molecule has 1 saturated heterocycles. The van der Waals surface area contributed by atoms with Gasteiger partial charge in [0.1, 0.15) is 0 Å². The Morgan fingerprint density at radius 3 is 2.65 bits per heavy atom. The van der Waals surface area contributed by atoms with Crippen LogP contribution in [-0.4, -0.2) is 47.7 Å². The first-order chi connectivity index (χ1) is 9.20. The predicted octanol–water partition coefficient (Wildman–Crippen LogP) is 2.02. The molecular weight excluding hydrogens is 369 g/mol. The molecule has 1 aromatic rings. The van der Waals surface area contributed by atoms with Crippen molar-refractivity contribution in [2.45, 2.75) is 39.0 Å². The summed E-state index contributed by atoms with van der Waals surface area (Å²) in [6.45, 7) is 7.07. The fraction of sp³-hybridized carbons (Fsp3) is 0.769. The van der Waals surface area contributed by atoms with Gasteiger partial charge in [0.05, 0.1) is 0 Å². The molecule has 0 aliphatic carbocycles. The summed E-state index contributed by atoms with van der Waals surface area (Å²) >= 11 is 0. The third-order valence-electron chi connectivity index (χ3n) is 3.24. The molecule has 2 heterocycles. The van der Waals surface area contributed by atoms with Gasteiger partial charge in [0.25, 0.3) is 0 Å². The lowest BCUT2D eigenvalue weighted by Crippen LogP contribution is -2.40. The third kappa shape index (κ3) is 4.60. The van der Waals surface area contributed by atoms with Crippen LogP contribution in [0.25, 0.3) is 0 Å². The summed E-state index contributed by atoms with van der Waals surface area (Å²) in [7, 11) is 1.82. The van der Waals surface area contributed by atoms with Crippen LogP contribution >= 0.6 is 24.0 Å². The molecule has 6 nitrogen and oxygen atoms in total. The van der Waals surface area contributed by atoms with Gasteiger partial charge in [-0.3, -0.25) is 4.99 Å². The maximum Gasteiger partial charge on any atom is 0.228 e. The highest BCUT2D eigenvalue weighted by Crippen LogP contribution is 2.10. The van der Waals surface area contributed by atoms with Gasteiger partial charge >= 0.3 is 0 Å². The monoisotopic (exact) mass is 393 g/mol. The van der Waals surface area contributed by atoms with E-state index in [0.717, 1.165) is 37.8 Å². The van der Waals surface area contributed by atoms with Crippen LogP contribution in [0.1, 0.15) is 44.3 Å². The van der Waals surface area contributed by atoms with E-state index in [1.807, 2.05) is 7.05 Å². The van der Waals surface area contributed by atoms with Crippen molar-refractivity contribution in [1.29, 1.82) is 0 Å². The Hall–Kier alpha value is -0.860. The highest BCUT2D eigenvalue weighted by molar-refractivity contribution is 14.0. The summed E-state index contributed by atoms with van der Waals surface area (Å²) < 4.78 is 5.21. The Kier molecular flexibility index (Phi) is 7.25. The van der Waals surface area contributed by atoms with Crippen molar-refractivity contribution in [3.8, 4) is 0 Å². The molecule has 0 amide bonds. The molecule has 0 saturated carbocycles. The highest BCUT2D eigenvalue weighted by Gasteiger charge is 2.15. The summed E-state index contributed by atoms with van der Waals surface area (Å²) in [5.74, 6) is 2.75. The minimum Gasteiger partial charge on any atom is -0.356 e. The van der Waals surface area contributed by atoms with Crippen LogP contribution in [0.5, 0.6) is 0 Å². The van der Waals surface area contributed by atoms with Crippen LogP contribution in [-0.2, 0) is 6.42 Å². The Bertz CT molecular complexity index is 426. The van der Waals surface area contributed by atoms with Crippen molar-refractivity contribution in [2.75, 3.05) is 26.7 Å². The summed E-state index contributed by atoms with van der Waals surface area (Å²) in [5.41, 5.74) is 0. The molecule has 0 bridgehead atoms. The van der Waals surface area contributed by atoms with E-state index in [-0.39, 0.29) is 24.0 Å². The smallest absolute Gasteiger partial charge is 0.228 e. The minimum absolute atomic E-state index is 0. The van der Waals surface area contributed by atoms with Crippen molar-refractivity contribution >= 4 is 29.9 Å². The average Bonchev–Trinajstić information content (AvgIpc) is 3.05. The molecule has 0 atom stereocenters. The maximum absolute atomic E-state index is 5.21. The van der Waals surface area contributed by atoms with Gasteiger partial charge in [-0.25, -0.2) is 0 Å². The lowest BCUT2D eigenvalue weighted by molar-refractivity contribution is 0.370.